The van der Waals surface area contributed by atoms with Crippen molar-refractivity contribution in [2.24, 2.45) is 0 Å². The zero-order chi connectivity index (χ0) is 22.6. The average molecular weight is 447 g/mol. The number of carbonyl (C=O) groups is 1. The molecule has 0 bridgehead atoms. The Bertz CT molecular complexity index is 1090. The molecule has 2 aliphatic heterocycles. The molecule has 1 fully saturated rings. The molecular weight excluding hydrogens is 416 g/mol. The number of para-hydroxylation sites is 1. The molecule has 0 spiro atoms. The van der Waals surface area contributed by atoms with Crippen LogP contribution < -0.4 is 15.0 Å². The summed E-state index contributed by atoms with van der Waals surface area (Å²) in [5, 5.41) is 11.6. The number of amides is 1. The van der Waals surface area contributed by atoms with Gasteiger partial charge in [0.2, 0.25) is 5.91 Å². The summed E-state index contributed by atoms with van der Waals surface area (Å²) < 4.78 is 7.36. The van der Waals surface area contributed by atoms with Crippen molar-refractivity contribution >= 4 is 11.6 Å². The zero-order valence-corrected chi connectivity index (χ0v) is 19.0. The maximum absolute atomic E-state index is 12.7. The van der Waals surface area contributed by atoms with E-state index in [1.165, 1.54) is 5.69 Å². The maximum atomic E-state index is 12.7. The Hall–Kier alpha value is -3.39. The van der Waals surface area contributed by atoms with Gasteiger partial charge in [-0.15, -0.1) is 5.10 Å². The number of nitrogens with one attached hydrogen (secondary N) is 1. The first-order valence-corrected chi connectivity index (χ1v) is 11.6. The Morgan fingerprint density at radius 2 is 1.94 bits per heavy atom. The minimum absolute atomic E-state index is 0.0370. The monoisotopic (exact) mass is 446 g/mol. The van der Waals surface area contributed by atoms with Crippen molar-refractivity contribution in [1.29, 1.82) is 0 Å². The number of nitrogens with zero attached hydrogens (tertiary/aromatic N) is 5. The molecule has 0 aliphatic carbocycles. The molecule has 3 aromatic rings. The van der Waals surface area contributed by atoms with Crippen LogP contribution in [-0.2, 0) is 17.9 Å². The first kappa shape index (κ1) is 21.5. The Morgan fingerprint density at radius 1 is 1.12 bits per heavy atom. The van der Waals surface area contributed by atoms with E-state index in [1.54, 1.807) is 4.68 Å². The summed E-state index contributed by atoms with van der Waals surface area (Å²) in [7, 11) is 0. The third kappa shape index (κ3) is 5.17. The summed E-state index contributed by atoms with van der Waals surface area (Å²) in [6, 6.07) is 16.6. The van der Waals surface area contributed by atoms with Crippen molar-refractivity contribution in [3.05, 3.63) is 71.5 Å². The van der Waals surface area contributed by atoms with Gasteiger partial charge < -0.3 is 15.0 Å². The number of ether oxygens (including phenoxy) is 1. The van der Waals surface area contributed by atoms with E-state index in [0.717, 1.165) is 61.7 Å². The predicted molar refractivity (Wildman–Crippen MR) is 126 cm³/mol. The van der Waals surface area contributed by atoms with E-state index >= 15 is 0 Å². The highest BCUT2D eigenvalue weighted by Crippen LogP contribution is 2.32. The lowest BCUT2D eigenvalue weighted by Crippen LogP contribution is -2.46. The lowest BCUT2D eigenvalue weighted by Gasteiger charge is -2.35. The standard InChI is InChI=1S/C25H30N6O2/c1-19-7-8-24-22(15-19)23(9-14-33-24)26-25(32)18-31-17-20(27-28-31)16-29-10-12-30(13-11-29)21-5-3-2-4-6-21/h2-8,15,17,23H,9-14,16,18H2,1H3,(H,26,32). The average Bonchev–Trinajstić information content (AvgIpc) is 3.27. The molecule has 5 rings (SSSR count). The maximum Gasteiger partial charge on any atom is 0.242 e. The van der Waals surface area contributed by atoms with Gasteiger partial charge in [-0.25, -0.2) is 4.68 Å². The summed E-state index contributed by atoms with van der Waals surface area (Å²) >= 11 is 0. The van der Waals surface area contributed by atoms with Crippen LogP contribution in [0.1, 0.15) is 29.3 Å². The van der Waals surface area contributed by atoms with Crippen molar-refractivity contribution in [1.82, 2.24) is 25.2 Å². The summed E-state index contributed by atoms with van der Waals surface area (Å²) in [5.41, 5.74) is 4.37. The molecular formula is C25H30N6O2. The topological polar surface area (TPSA) is 75.5 Å². The number of aryl methyl sites for hydroxylation is 1. The van der Waals surface area contributed by atoms with Gasteiger partial charge in [-0.2, -0.15) is 0 Å². The number of hydrogen-bond donors (Lipinski definition) is 1. The minimum atomic E-state index is -0.0673. The number of anilines is 1. The third-order valence-corrected chi connectivity index (χ3v) is 6.31. The Labute approximate surface area is 194 Å². The van der Waals surface area contributed by atoms with E-state index in [2.05, 4.69) is 55.8 Å². The highest BCUT2D eigenvalue weighted by atomic mass is 16.5. The second kappa shape index (κ2) is 9.62. The summed E-state index contributed by atoms with van der Waals surface area (Å²) in [6.45, 7) is 7.50. The van der Waals surface area contributed by atoms with Crippen molar-refractivity contribution in [3.8, 4) is 5.75 Å². The van der Waals surface area contributed by atoms with E-state index in [9.17, 15) is 4.79 Å². The number of rotatable bonds is 6. The number of fused-ring (bicyclic) bond motifs is 1. The molecule has 0 radical (unpaired) electrons. The fourth-order valence-corrected chi connectivity index (χ4v) is 4.57. The van der Waals surface area contributed by atoms with Gasteiger partial charge in [0.25, 0.3) is 0 Å². The van der Waals surface area contributed by atoms with Crippen LogP contribution in [0.4, 0.5) is 5.69 Å². The minimum Gasteiger partial charge on any atom is -0.493 e. The van der Waals surface area contributed by atoms with Gasteiger partial charge in [-0.1, -0.05) is 41.1 Å². The van der Waals surface area contributed by atoms with Gasteiger partial charge in [0, 0.05) is 50.4 Å². The highest BCUT2D eigenvalue weighted by Gasteiger charge is 2.24. The van der Waals surface area contributed by atoms with Gasteiger partial charge in [0.05, 0.1) is 24.5 Å². The van der Waals surface area contributed by atoms with Gasteiger partial charge in [0.1, 0.15) is 12.3 Å². The van der Waals surface area contributed by atoms with Crippen molar-refractivity contribution in [3.63, 3.8) is 0 Å². The fraction of sp³-hybridized carbons (Fsp3) is 0.400. The number of aromatic nitrogens is 3. The molecule has 8 heteroatoms. The zero-order valence-electron chi connectivity index (χ0n) is 19.0. The van der Waals surface area contributed by atoms with E-state index in [1.807, 2.05) is 31.3 Å². The quantitative estimate of drug-likeness (QED) is 0.627. The number of benzene rings is 2. The molecule has 1 saturated heterocycles. The van der Waals surface area contributed by atoms with Gasteiger partial charge in [-0.05, 0) is 25.1 Å². The van der Waals surface area contributed by atoms with E-state index in [-0.39, 0.29) is 18.5 Å². The van der Waals surface area contributed by atoms with Crippen molar-refractivity contribution < 1.29 is 9.53 Å². The first-order valence-electron chi connectivity index (χ1n) is 11.6. The molecule has 1 N–H and O–H groups in total. The van der Waals surface area contributed by atoms with Crippen LogP contribution >= 0.6 is 0 Å². The van der Waals surface area contributed by atoms with Crippen LogP contribution in [0, 0.1) is 6.92 Å². The van der Waals surface area contributed by atoms with Crippen LogP contribution in [0.2, 0.25) is 0 Å². The second-order valence-electron chi connectivity index (χ2n) is 8.80. The molecule has 1 unspecified atom stereocenters. The molecule has 3 heterocycles. The van der Waals surface area contributed by atoms with Crippen LogP contribution in [0.3, 0.4) is 0 Å². The smallest absolute Gasteiger partial charge is 0.242 e. The Balaban J connectivity index is 1.12. The molecule has 1 amide bonds. The second-order valence-corrected chi connectivity index (χ2v) is 8.80. The lowest BCUT2D eigenvalue weighted by atomic mass is 9.98. The van der Waals surface area contributed by atoms with Crippen molar-refractivity contribution in [2.75, 3.05) is 37.7 Å². The first-order chi connectivity index (χ1) is 16.1. The van der Waals surface area contributed by atoms with Crippen LogP contribution in [0.25, 0.3) is 0 Å². The molecule has 8 nitrogen and oxygen atoms in total. The molecule has 2 aliphatic rings. The van der Waals surface area contributed by atoms with Crippen molar-refractivity contribution in [2.45, 2.75) is 32.5 Å². The van der Waals surface area contributed by atoms with E-state index in [4.69, 9.17) is 4.74 Å². The summed E-state index contributed by atoms with van der Waals surface area (Å²) in [4.78, 5) is 17.5. The Kier molecular flexibility index (Phi) is 6.26. The van der Waals surface area contributed by atoms with E-state index < -0.39 is 0 Å². The molecule has 1 atom stereocenters. The molecule has 1 aromatic heterocycles. The van der Waals surface area contributed by atoms with Crippen LogP contribution in [-0.4, -0.2) is 58.6 Å². The van der Waals surface area contributed by atoms with E-state index in [0.29, 0.717) is 6.61 Å². The largest absolute Gasteiger partial charge is 0.493 e. The molecule has 2 aromatic carbocycles. The number of hydrogen-bond acceptors (Lipinski definition) is 6. The number of carbonyl (C=O) groups excluding carboxylic acids is 1. The summed E-state index contributed by atoms with van der Waals surface area (Å²) in [6.07, 6.45) is 2.64. The van der Waals surface area contributed by atoms with Crippen LogP contribution in [0.15, 0.2) is 54.7 Å². The highest BCUT2D eigenvalue weighted by molar-refractivity contribution is 5.76. The lowest BCUT2D eigenvalue weighted by molar-refractivity contribution is -0.122. The fourth-order valence-electron chi connectivity index (χ4n) is 4.57. The Morgan fingerprint density at radius 3 is 2.76 bits per heavy atom. The van der Waals surface area contributed by atoms with Gasteiger partial charge >= 0.3 is 0 Å². The summed E-state index contributed by atoms with van der Waals surface area (Å²) in [5.74, 6) is 0.787. The number of piperazine rings is 1. The normalized spacial score (nSPS) is 18.5. The predicted octanol–water partition coefficient (Wildman–Crippen LogP) is 2.55. The molecule has 0 saturated carbocycles. The molecule has 33 heavy (non-hydrogen) atoms. The van der Waals surface area contributed by atoms with Gasteiger partial charge in [-0.3, -0.25) is 9.69 Å². The van der Waals surface area contributed by atoms with Crippen LogP contribution in [0.5, 0.6) is 5.75 Å². The molecule has 172 valence electrons. The third-order valence-electron chi connectivity index (χ3n) is 6.31. The SMILES string of the molecule is Cc1ccc2c(c1)C(NC(=O)Cn1cc(CN3CCN(c4ccccc4)CC3)nn1)CCO2. The van der Waals surface area contributed by atoms with Gasteiger partial charge in [0.15, 0.2) is 0 Å².